The van der Waals surface area contributed by atoms with Gasteiger partial charge in [-0.3, -0.25) is 9.59 Å². The summed E-state index contributed by atoms with van der Waals surface area (Å²) in [6.07, 6.45) is 1.58. The molecule has 0 saturated heterocycles. The monoisotopic (exact) mass is 387 g/mol. The van der Waals surface area contributed by atoms with Crippen molar-refractivity contribution < 1.29 is 23.1 Å². The molecule has 0 unspecified atom stereocenters. The van der Waals surface area contributed by atoms with Crippen molar-refractivity contribution in [2.75, 3.05) is 0 Å². The van der Waals surface area contributed by atoms with E-state index in [9.17, 15) is 18.4 Å². The van der Waals surface area contributed by atoms with Crippen LogP contribution < -0.4 is 5.32 Å². The third-order valence-electron chi connectivity index (χ3n) is 5.27. The fourth-order valence-corrected chi connectivity index (χ4v) is 3.67. The van der Waals surface area contributed by atoms with Crippen LogP contribution in [0.3, 0.4) is 0 Å². The van der Waals surface area contributed by atoms with Crippen molar-refractivity contribution in [3.8, 4) is 0 Å². The summed E-state index contributed by atoms with van der Waals surface area (Å²) in [6, 6.07) is 12.0. The summed E-state index contributed by atoms with van der Waals surface area (Å²) in [6.45, 7) is 1.68. The topological polar surface area (TPSA) is 55.4 Å². The van der Waals surface area contributed by atoms with Gasteiger partial charge >= 0.3 is 5.97 Å². The van der Waals surface area contributed by atoms with E-state index < -0.39 is 29.2 Å². The van der Waals surface area contributed by atoms with Crippen LogP contribution in [0.25, 0.3) is 0 Å². The third-order valence-corrected chi connectivity index (χ3v) is 5.27. The van der Waals surface area contributed by atoms with Crippen molar-refractivity contribution in [3.63, 3.8) is 0 Å². The highest BCUT2D eigenvalue weighted by molar-refractivity contribution is 5.88. The van der Waals surface area contributed by atoms with Crippen molar-refractivity contribution in [1.82, 2.24) is 5.32 Å². The molecule has 0 heterocycles. The minimum atomic E-state index is -1.04. The highest BCUT2D eigenvalue weighted by atomic mass is 19.1. The second-order valence-electron chi connectivity index (χ2n) is 7.16. The summed E-state index contributed by atoms with van der Waals surface area (Å²) in [7, 11) is 0. The van der Waals surface area contributed by atoms with Crippen LogP contribution in [0.15, 0.2) is 48.5 Å². The number of nitrogens with one attached hydrogen (secondary N) is 1. The molecule has 1 amide bonds. The van der Waals surface area contributed by atoms with Crippen LogP contribution in [0.5, 0.6) is 0 Å². The molecule has 0 bridgehead atoms. The van der Waals surface area contributed by atoms with Gasteiger partial charge in [-0.15, -0.1) is 0 Å². The van der Waals surface area contributed by atoms with Crippen molar-refractivity contribution >= 4 is 11.9 Å². The third kappa shape index (κ3) is 4.21. The predicted molar refractivity (Wildman–Crippen MR) is 100 cm³/mol. The van der Waals surface area contributed by atoms with Crippen molar-refractivity contribution in [3.05, 3.63) is 71.3 Å². The molecule has 1 fully saturated rings. The summed E-state index contributed by atoms with van der Waals surface area (Å²) >= 11 is 0. The average molecular weight is 387 g/mol. The summed E-state index contributed by atoms with van der Waals surface area (Å²) < 4.78 is 32.7. The van der Waals surface area contributed by atoms with E-state index in [1.165, 1.54) is 25.1 Å². The maximum Gasteiger partial charge on any atom is 0.317 e. The Morgan fingerprint density at radius 3 is 2.36 bits per heavy atom. The molecule has 4 nitrogen and oxygen atoms in total. The zero-order chi connectivity index (χ0) is 20.1. The van der Waals surface area contributed by atoms with Crippen molar-refractivity contribution in [1.29, 1.82) is 0 Å². The van der Waals surface area contributed by atoms with Crippen LogP contribution in [0.1, 0.15) is 43.7 Å². The lowest BCUT2D eigenvalue weighted by molar-refractivity contribution is -0.160. The Balaban J connectivity index is 1.65. The molecular formula is C22H23F2NO3. The smallest absolute Gasteiger partial charge is 0.317 e. The summed E-state index contributed by atoms with van der Waals surface area (Å²) in [4.78, 5) is 25.2. The molecule has 1 aliphatic rings. The van der Waals surface area contributed by atoms with E-state index in [-0.39, 0.29) is 12.4 Å². The molecule has 148 valence electrons. The number of benzene rings is 2. The molecule has 1 saturated carbocycles. The number of halogens is 2. The number of carbonyl (C=O) groups is 2. The standard InChI is InChI=1S/C22H23F2NO3/c1-15(20(26)25-14-16-8-10-17(23)11-9-16)28-21(27)22(12-4-5-13-22)18-6-2-3-7-19(18)24/h2-3,6-11,15H,4-5,12-14H2,1H3,(H,25,26)/t15-/m1/s1. The lowest BCUT2D eigenvalue weighted by Crippen LogP contribution is -2.42. The first-order chi connectivity index (χ1) is 13.4. The number of hydrogen-bond donors (Lipinski definition) is 1. The van der Waals surface area contributed by atoms with Crippen LogP contribution in [0, 0.1) is 11.6 Å². The van der Waals surface area contributed by atoms with Crippen LogP contribution in [-0.2, 0) is 26.3 Å². The van der Waals surface area contributed by atoms with E-state index in [1.54, 1.807) is 30.3 Å². The Bertz CT molecular complexity index is 845. The highest BCUT2D eigenvalue weighted by Crippen LogP contribution is 2.43. The lowest BCUT2D eigenvalue weighted by atomic mass is 9.78. The van der Waals surface area contributed by atoms with Gasteiger partial charge in [-0.05, 0) is 43.5 Å². The van der Waals surface area contributed by atoms with E-state index in [1.807, 2.05) is 0 Å². The Morgan fingerprint density at radius 2 is 1.71 bits per heavy atom. The first kappa shape index (κ1) is 20.0. The summed E-state index contributed by atoms with van der Waals surface area (Å²) in [5, 5.41) is 2.67. The Labute approximate surface area is 162 Å². The maximum atomic E-state index is 14.4. The number of amides is 1. The molecule has 0 aliphatic heterocycles. The zero-order valence-corrected chi connectivity index (χ0v) is 15.7. The Morgan fingerprint density at radius 1 is 1.07 bits per heavy atom. The normalized spacial score (nSPS) is 16.4. The maximum absolute atomic E-state index is 14.4. The van der Waals surface area contributed by atoms with Crippen LogP contribution in [-0.4, -0.2) is 18.0 Å². The lowest BCUT2D eigenvalue weighted by Gasteiger charge is -2.29. The van der Waals surface area contributed by atoms with Crippen LogP contribution in [0.4, 0.5) is 8.78 Å². The van der Waals surface area contributed by atoms with E-state index in [4.69, 9.17) is 4.74 Å². The number of ether oxygens (including phenoxy) is 1. The fraction of sp³-hybridized carbons (Fsp3) is 0.364. The molecule has 0 spiro atoms. The fourth-order valence-electron chi connectivity index (χ4n) is 3.67. The van der Waals surface area contributed by atoms with Gasteiger partial charge < -0.3 is 10.1 Å². The van der Waals surface area contributed by atoms with E-state index in [0.29, 0.717) is 18.4 Å². The average Bonchev–Trinajstić information content (AvgIpc) is 3.18. The van der Waals surface area contributed by atoms with Gasteiger partial charge in [0, 0.05) is 12.1 Å². The number of carbonyl (C=O) groups excluding carboxylic acids is 2. The Kier molecular flexibility index (Phi) is 6.07. The second-order valence-corrected chi connectivity index (χ2v) is 7.16. The van der Waals surface area contributed by atoms with Gasteiger partial charge in [0.05, 0.1) is 5.41 Å². The van der Waals surface area contributed by atoms with E-state index in [0.717, 1.165) is 18.4 Å². The molecule has 28 heavy (non-hydrogen) atoms. The quantitative estimate of drug-likeness (QED) is 0.762. The molecule has 0 aromatic heterocycles. The molecule has 1 N–H and O–H groups in total. The minimum absolute atomic E-state index is 0.194. The minimum Gasteiger partial charge on any atom is -0.452 e. The molecule has 1 aliphatic carbocycles. The predicted octanol–water partition coefficient (Wildman–Crippen LogP) is 4.02. The van der Waals surface area contributed by atoms with Gasteiger partial charge in [0.25, 0.3) is 5.91 Å². The SMILES string of the molecule is C[C@@H](OC(=O)C1(c2ccccc2F)CCCC1)C(=O)NCc1ccc(F)cc1. The van der Waals surface area contributed by atoms with Gasteiger partial charge in [0.2, 0.25) is 0 Å². The largest absolute Gasteiger partial charge is 0.452 e. The summed E-state index contributed by atoms with van der Waals surface area (Å²) in [5.41, 5.74) is 0.0138. The van der Waals surface area contributed by atoms with Gasteiger partial charge in [-0.25, -0.2) is 8.78 Å². The van der Waals surface area contributed by atoms with Gasteiger partial charge in [0.1, 0.15) is 11.6 Å². The molecule has 2 aromatic rings. The zero-order valence-electron chi connectivity index (χ0n) is 15.7. The molecule has 6 heteroatoms. The molecule has 3 rings (SSSR count). The number of esters is 1. The van der Waals surface area contributed by atoms with Crippen molar-refractivity contribution in [2.45, 2.75) is 50.7 Å². The first-order valence-corrected chi connectivity index (χ1v) is 9.40. The van der Waals surface area contributed by atoms with Gasteiger partial charge in [-0.2, -0.15) is 0 Å². The van der Waals surface area contributed by atoms with E-state index >= 15 is 0 Å². The van der Waals surface area contributed by atoms with E-state index in [2.05, 4.69) is 5.32 Å². The molecule has 2 aromatic carbocycles. The van der Waals surface area contributed by atoms with Gasteiger partial charge in [-0.1, -0.05) is 43.2 Å². The second kappa shape index (κ2) is 8.50. The van der Waals surface area contributed by atoms with Crippen LogP contribution >= 0.6 is 0 Å². The number of hydrogen-bond acceptors (Lipinski definition) is 3. The summed E-state index contributed by atoms with van der Waals surface area (Å²) in [5.74, 6) is -1.82. The number of rotatable bonds is 6. The van der Waals surface area contributed by atoms with Gasteiger partial charge in [0.15, 0.2) is 6.10 Å². The molecule has 1 atom stereocenters. The van der Waals surface area contributed by atoms with Crippen LogP contribution in [0.2, 0.25) is 0 Å². The van der Waals surface area contributed by atoms with Crippen molar-refractivity contribution in [2.24, 2.45) is 0 Å². The highest BCUT2D eigenvalue weighted by Gasteiger charge is 2.46. The Hall–Kier alpha value is -2.76. The first-order valence-electron chi connectivity index (χ1n) is 9.40. The molecule has 0 radical (unpaired) electrons. The molecular weight excluding hydrogens is 364 g/mol.